The van der Waals surface area contributed by atoms with Crippen molar-refractivity contribution in [2.24, 2.45) is 17.3 Å². The lowest BCUT2D eigenvalue weighted by Crippen LogP contribution is -2.28. The quantitative estimate of drug-likeness (QED) is 0.620. The largest absolute Gasteiger partial charge is 0.198 e. The van der Waals surface area contributed by atoms with Gasteiger partial charge in [0.15, 0.2) is 0 Å². The van der Waals surface area contributed by atoms with Crippen molar-refractivity contribution >= 4 is 0 Å². The summed E-state index contributed by atoms with van der Waals surface area (Å²) >= 11 is 0. The molecule has 0 amide bonds. The summed E-state index contributed by atoms with van der Waals surface area (Å²) in [5.41, 5.74) is 2.37. The minimum absolute atomic E-state index is 0.255. The van der Waals surface area contributed by atoms with E-state index in [9.17, 15) is 5.26 Å². The van der Waals surface area contributed by atoms with Gasteiger partial charge in [-0.15, -0.1) is 0 Å². The summed E-state index contributed by atoms with van der Waals surface area (Å²) in [6, 6.07) is 2.43. The first-order valence-electron chi connectivity index (χ1n) is 5.61. The molecule has 82 valence electrons. The number of rotatable bonds is 2. The molecular formula is C14H21N. The highest BCUT2D eigenvalue weighted by Crippen LogP contribution is 2.42. The van der Waals surface area contributed by atoms with E-state index in [1.54, 1.807) is 0 Å². The van der Waals surface area contributed by atoms with Crippen LogP contribution in [0.3, 0.4) is 0 Å². The molecule has 1 aliphatic rings. The predicted molar refractivity (Wildman–Crippen MR) is 64.2 cm³/mol. The van der Waals surface area contributed by atoms with Gasteiger partial charge in [-0.05, 0) is 52.4 Å². The minimum Gasteiger partial charge on any atom is -0.198 e. The van der Waals surface area contributed by atoms with Crippen molar-refractivity contribution in [2.75, 3.05) is 0 Å². The maximum absolute atomic E-state index is 9.19. The number of nitrogens with zero attached hydrogens (tertiary/aromatic N) is 1. The van der Waals surface area contributed by atoms with Crippen molar-refractivity contribution < 1.29 is 0 Å². The van der Waals surface area contributed by atoms with Gasteiger partial charge in [0.05, 0.1) is 11.5 Å². The van der Waals surface area contributed by atoms with Crippen LogP contribution < -0.4 is 0 Å². The van der Waals surface area contributed by atoms with Crippen LogP contribution in [0.15, 0.2) is 23.8 Å². The molecule has 1 rings (SSSR count). The van der Waals surface area contributed by atoms with E-state index in [0.29, 0.717) is 11.8 Å². The molecule has 0 aromatic heterocycles. The molecule has 0 saturated carbocycles. The molecule has 0 aromatic rings. The van der Waals surface area contributed by atoms with E-state index in [4.69, 9.17) is 0 Å². The van der Waals surface area contributed by atoms with Crippen LogP contribution in [0.1, 0.15) is 40.5 Å². The lowest BCUT2D eigenvalue weighted by Gasteiger charge is -2.35. The molecule has 0 aliphatic heterocycles. The highest BCUT2D eigenvalue weighted by molar-refractivity contribution is 5.19. The summed E-state index contributed by atoms with van der Waals surface area (Å²) < 4.78 is 0. The maximum atomic E-state index is 9.19. The summed E-state index contributed by atoms with van der Waals surface area (Å²) in [6.45, 7) is 12.4. The number of hydrogen-bond acceptors (Lipinski definition) is 1. The molecule has 1 aliphatic carbocycles. The molecule has 0 saturated heterocycles. The molecule has 0 N–H and O–H groups in total. The Balaban J connectivity index is 2.91. The number of hydrogen-bond donors (Lipinski definition) is 0. The Hall–Kier alpha value is -1.03. The van der Waals surface area contributed by atoms with E-state index in [1.165, 1.54) is 11.1 Å². The van der Waals surface area contributed by atoms with Crippen LogP contribution in [0.5, 0.6) is 0 Å². The fourth-order valence-corrected chi connectivity index (χ4v) is 2.38. The summed E-state index contributed by atoms with van der Waals surface area (Å²) in [5, 5.41) is 9.19. The number of allylic oxidation sites excluding steroid dienone is 3. The van der Waals surface area contributed by atoms with Crippen LogP contribution in [-0.2, 0) is 0 Å². The third kappa shape index (κ3) is 2.50. The van der Waals surface area contributed by atoms with Gasteiger partial charge in [0.1, 0.15) is 0 Å². The van der Waals surface area contributed by atoms with E-state index in [-0.39, 0.29) is 5.41 Å². The summed E-state index contributed by atoms with van der Waals surface area (Å²) in [6.07, 6.45) is 4.46. The minimum atomic E-state index is -0.255. The van der Waals surface area contributed by atoms with Gasteiger partial charge in [0.25, 0.3) is 0 Å². The second kappa shape index (κ2) is 4.23. The van der Waals surface area contributed by atoms with E-state index in [0.717, 1.165) is 12.8 Å². The van der Waals surface area contributed by atoms with Crippen molar-refractivity contribution in [3.63, 3.8) is 0 Å². The van der Waals surface area contributed by atoms with E-state index < -0.39 is 0 Å². The van der Waals surface area contributed by atoms with Crippen molar-refractivity contribution in [3.8, 4) is 6.07 Å². The topological polar surface area (TPSA) is 23.8 Å². The first-order valence-corrected chi connectivity index (χ1v) is 5.61. The van der Waals surface area contributed by atoms with Gasteiger partial charge >= 0.3 is 0 Å². The lowest BCUT2D eigenvalue weighted by atomic mass is 9.67. The zero-order chi connectivity index (χ0) is 11.6. The first kappa shape index (κ1) is 12.0. The van der Waals surface area contributed by atoms with E-state index >= 15 is 0 Å². The average molecular weight is 203 g/mol. The maximum Gasteiger partial charge on any atom is 0.0690 e. The smallest absolute Gasteiger partial charge is 0.0690 e. The molecule has 0 spiro atoms. The molecule has 1 heteroatoms. The molecule has 0 radical (unpaired) electrons. The number of nitriles is 1. The normalized spacial score (nSPS) is 26.7. The molecule has 2 unspecified atom stereocenters. The molecule has 0 aromatic carbocycles. The lowest BCUT2D eigenvalue weighted by molar-refractivity contribution is 0.273. The monoisotopic (exact) mass is 203 g/mol. The van der Waals surface area contributed by atoms with Crippen LogP contribution in [0.2, 0.25) is 0 Å². The molecule has 15 heavy (non-hydrogen) atoms. The van der Waals surface area contributed by atoms with Crippen molar-refractivity contribution in [1.82, 2.24) is 0 Å². The van der Waals surface area contributed by atoms with Gasteiger partial charge in [0, 0.05) is 0 Å². The van der Waals surface area contributed by atoms with Crippen LogP contribution in [0, 0.1) is 28.6 Å². The average Bonchev–Trinajstić information content (AvgIpc) is 2.17. The SMILES string of the molecule is C=C(C)C1CC=C(C)C(C(C)(C)C#N)C1. The third-order valence-corrected chi connectivity index (χ3v) is 3.65. The molecular weight excluding hydrogens is 182 g/mol. The fourth-order valence-electron chi connectivity index (χ4n) is 2.38. The molecule has 0 fully saturated rings. The second-order valence-corrected chi connectivity index (χ2v) is 5.35. The Morgan fingerprint density at radius 3 is 2.67 bits per heavy atom. The van der Waals surface area contributed by atoms with Crippen LogP contribution in [-0.4, -0.2) is 0 Å². The zero-order valence-electron chi connectivity index (χ0n) is 10.3. The fraction of sp³-hybridized carbons (Fsp3) is 0.643. The third-order valence-electron chi connectivity index (χ3n) is 3.65. The Bertz CT molecular complexity index is 328. The Labute approximate surface area is 93.5 Å². The van der Waals surface area contributed by atoms with Crippen molar-refractivity contribution in [1.29, 1.82) is 5.26 Å². The molecule has 0 bridgehead atoms. The van der Waals surface area contributed by atoms with Gasteiger partial charge in [-0.25, -0.2) is 0 Å². The molecule has 0 heterocycles. The highest BCUT2D eigenvalue weighted by Gasteiger charge is 2.34. The second-order valence-electron chi connectivity index (χ2n) is 5.35. The first-order chi connectivity index (χ1) is 6.88. The van der Waals surface area contributed by atoms with Crippen molar-refractivity contribution in [2.45, 2.75) is 40.5 Å². The van der Waals surface area contributed by atoms with Crippen LogP contribution in [0.4, 0.5) is 0 Å². The molecule has 2 atom stereocenters. The summed E-state index contributed by atoms with van der Waals surface area (Å²) in [4.78, 5) is 0. The van der Waals surface area contributed by atoms with E-state index in [1.807, 2.05) is 13.8 Å². The standard InChI is InChI=1S/C14H21N/c1-10(2)12-7-6-11(3)13(8-12)14(4,5)9-15/h6,12-13H,1,7-8H2,2-5H3. The summed E-state index contributed by atoms with van der Waals surface area (Å²) in [7, 11) is 0. The van der Waals surface area contributed by atoms with Gasteiger partial charge in [-0.1, -0.05) is 23.8 Å². The Morgan fingerprint density at radius 2 is 2.20 bits per heavy atom. The predicted octanol–water partition coefficient (Wildman–Crippen LogP) is 4.08. The Morgan fingerprint density at radius 1 is 1.60 bits per heavy atom. The van der Waals surface area contributed by atoms with Gasteiger partial charge < -0.3 is 0 Å². The Kier molecular flexibility index (Phi) is 3.39. The van der Waals surface area contributed by atoms with Gasteiger partial charge in [-0.2, -0.15) is 5.26 Å². The van der Waals surface area contributed by atoms with Crippen LogP contribution >= 0.6 is 0 Å². The van der Waals surface area contributed by atoms with Crippen molar-refractivity contribution in [3.05, 3.63) is 23.8 Å². The highest BCUT2D eigenvalue weighted by atomic mass is 14.4. The van der Waals surface area contributed by atoms with Gasteiger partial charge in [0.2, 0.25) is 0 Å². The van der Waals surface area contributed by atoms with E-state index in [2.05, 4.69) is 32.6 Å². The van der Waals surface area contributed by atoms with Crippen LogP contribution in [0.25, 0.3) is 0 Å². The molecule has 1 nitrogen and oxygen atoms in total. The zero-order valence-corrected chi connectivity index (χ0v) is 10.3. The van der Waals surface area contributed by atoms with Gasteiger partial charge in [-0.3, -0.25) is 0 Å². The summed E-state index contributed by atoms with van der Waals surface area (Å²) in [5.74, 6) is 0.948.